The van der Waals surface area contributed by atoms with Crippen LogP contribution in [0.5, 0.6) is 0 Å². The van der Waals surface area contributed by atoms with E-state index in [4.69, 9.17) is 2.74 Å². The summed E-state index contributed by atoms with van der Waals surface area (Å²) >= 11 is 0. The van der Waals surface area contributed by atoms with Crippen LogP contribution in [0.1, 0.15) is 2.74 Å². The van der Waals surface area contributed by atoms with Crippen LogP contribution in [0, 0.1) is 0 Å². The molecule has 0 saturated heterocycles. The fraction of sp³-hybridized carbons (Fsp3) is 0. The number of hydrogen-bond donors (Lipinski definition) is 0. The maximum atomic E-state index is 7.48. The second-order valence-corrected chi connectivity index (χ2v) is 2.44. The third-order valence-electron chi connectivity index (χ3n) is 1.60. The highest BCUT2D eigenvalue weighted by molar-refractivity contribution is 5.58. The van der Waals surface area contributed by atoms with Gasteiger partial charge in [0.05, 0.1) is 8.44 Å². The van der Waals surface area contributed by atoms with Gasteiger partial charge in [-0.25, -0.2) is 0 Å². The highest BCUT2D eigenvalue weighted by atomic mass is 14.7. The minimum atomic E-state index is 0.346. The van der Waals surface area contributed by atoms with Gasteiger partial charge in [-0.05, 0) is 12.1 Å². The Morgan fingerprint density at radius 2 is 1.83 bits per heavy atom. The van der Waals surface area contributed by atoms with E-state index in [2.05, 4.69) is 4.98 Å². The average molecular weight is 157 g/mol. The van der Waals surface area contributed by atoms with Crippen molar-refractivity contribution in [3.05, 3.63) is 54.7 Å². The molecule has 0 amide bonds. The molecule has 58 valence electrons. The van der Waals surface area contributed by atoms with E-state index in [1.807, 2.05) is 18.2 Å². The van der Waals surface area contributed by atoms with Gasteiger partial charge >= 0.3 is 0 Å². The minimum Gasteiger partial charge on any atom is -0.256 e. The molecule has 1 nitrogen and oxygen atoms in total. The average Bonchev–Trinajstić information content (AvgIpc) is 2.18. The first-order valence-electron chi connectivity index (χ1n) is 4.75. The van der Waals surface area contributed by atoms with Crippen LogP contribution in [0.3, 0.4) is 0 Å². The standard InChI is InChI=1S/C11H9N/c1-2-6-10(7-3-1)11-8-4-5-9-12-11/h1-9H/i2D,3D. The van der Waals surface area contributed by atoms with Crippen LogP contribution in [0.4, 0.5) is 0 Å². The third kappa shape index (κ3) is 1.35. The van der Waals surface area contributed by atoms with Gasteiger partial charge in [0.2, 0.25) is 0 Å². The van der Waals surface area contributed by atoms with Crippen LogP contribution in [-0.2, 0) is 0 Å². The lowest BCUT2D eigenvalue weighted by molar-refractivity contribution is 1.33. The Hall–Kier alpha value is -1.63. The zero-order valence-corrected chi connectivity index (χ0v) is 6.49. The summed E-state index contributed by atoms with van der Waals surface area (Å²) in [7, 11) is 0. The number of hydrogen-bond acceptors (Lipinski definition) is 1. The highest BCUT2D eigenvalue weighted by Gasteiger charge is 1.93. The van der Waals surface area contributed by atoms with Gasteiger partial charge in [-0.15, -0.1) is 0 Å². The third-order valence-corrected chi connectivity index (χ3v) is 1.60. The van der Waals surface area contributed by atoms with E-state index in [9.17, 15) is 0 Å². The van der Waals surface area contributed by atoms with Gasteiger partial charge < -0.3 is 0 Å². The molecule has 0 saturated carbocycles. The van der Waals surface area contributed by atoms with Crippen LogP contribution in [-0.4, -0.2) is 4.98 Å². The molecule has 0 radical (unpaired) electrons. The van der Waals surface area contributed by atoms with E-state index in [1.54, 1.807) is 18.3 Å². The Bertz CT molecular complexity index is 420. The van der Waals surface area contributed by atoms with Crippen molar-refractivity contribution in [3.8, 4) is 11.3 Å². The van der Waals surface area contributed by atoms with E-state index < -0.39 is 0 Å². The Labute approximate surface area is 74.5 Å². The molecule has 1 heteroatoms. The number of aromatic nitrogens is 1. The zero-order chi connectivity index (χ0) is 9.97. The molecule has 0 aliphatic heterocycles. The van der Waals surface area contributed by atoms with Gasteiger partial charge in [0, 0.05) is 11.8 Å². The summed E-state index contributed by atoms with van der Waals surface area (Å²) in [5.74, 6) is 0. The van der Waals surface area contributed by atoms with Gasteiger partial charge in [0.1, 0.15) is 0 Å². The first kappa shape index (κ1) is 5.09. The molecule has 1 aromatic carbocycles. The van der Waals surface area contributed by atoms with E-state index >= 15 is 0 Å². The van der Waals surface area contributed by atoms with Gasteiger partial charge in [0.15, 0.2) is 0 Å². The molecular weight excluding hydrogens is 146 g/mol. The highest BCUT2D eigenvalue weighted by Crippen LogP contribution is 2.14. The van der Waals surface area contributed by atoms with E-state index in [1.165, 1.54) is 6.07 Å². The van der Waals surface area contributed by atoms with Gasteiger partial charge in [-0.1, -0.05) is 36.4 Å². The van der Waals surface area contributed by atoms with Crippen LogP contribution >= 0.6 is 0 Å². The molecule has 2 aromatic rings. The molecule has 12 heavy (non-hydrogen) atoms. The summed E-state index contributed by atoms with van der Waals surface area (Å²) in [6.45, 7) is 0. The second kappa shape index (κ2) is 3.18. The number of benzene rings is 1. The fourth-order valence-electron chi connectivity index (χ4n) is 1.03. The molecule has 0 fully saturated rings. The SMILES string of the molecule is [2H]c1cc([2H])cc(-c2ccccn2)c1. The summed E-state index contributed by atoms with van der Waals surface area (Å²) in [6, 6.07) is 11.2. The molecule has 0 aliphatic rings. The first-order valence-corrected chi connectivity index (χ1v) is 3.75. The lowest BCUT2D eigenvalue weighted by Crippen LogP contribution is -1.79. The maximum absolute atomic E-state index is 7.48. The Morgan fingerprint density at radius 1 is 1.00 bits per heavy atom. The fourth-order valence-corrected chi connectivity index (χ4v) is 1.03. The van der Waals surface area contributed by atoms with Crippen molar-refractivity contribution in [1.29, 1.82) is 0 Å². The minimum absolute atomic E-state index is 0.346. The summed E-state index contributed by atoms with van der Waals surface area (Å²) in [5.41, 5.74) is 1.62. The molecule has 0 atom stereocenters. The van der Waals surface area contributed by atoms with Crippen molar-refractivity contribution in [3.63, 3.8) is 0 Å². The zero-order valence-electron chi connectivity index (χ0n) is 8.49. The van der Waals surface area contributed by atoms with Crippen molar-refractivity contribution in [2.75, 3.05) is 0 Å². The van der Waals surface area contributed by atoms with E-state index in [0.29, 0.717) is 12.1 Å². The predicted molar refractivity (Wildman–Crippen MR) is 49.7 cm³/mol. The summed E-state index contributed by atoms with van der Waals surface area (Å²) in [5, 5.41) is 0. The molecule has 1 aromatic heterocycles. The molecule has 0 aliphatic carbocycles. The van der Waals surface area contributed by atoms with E-state index in [-0.39, 0.29) is 0 Å². The Morgan fingerprint density at radius 3 is 2.50 bits per heavy atom. The predicted octanol–water partition coefficient (Wildman–Crippen LogP) is 2.75. The molecule has 0 spiro atoms. The van der Waals surface area contributed by atoms with Gasteiger partial charge in [-0.2, -0.15) is 0 Å². The van der Waals surface area contributed by atoms with Gasteiger partial charge in [0.25, 0.3) is 0 Å². The maximum Gasteiger partial charge on any atom is 0.0701 e. The summed E-state index contributed by atoms with van der Waals surface area (Å²) < 4.78 is 15.0. The normalized spacial score (nSPS) is 12.0. The van der Waals surface area contributed by atoms with Crippen molar-refractivity contribution >= 4 is 0 Å². The number of pyridine rings is 1. The van der Waals surface area contributed by atoms with E-state index in [0.717, 1.165) is 11.3 Å². The topological polar surface area (TPSA) is 12.9 Å². The lowest BCUT2D eigenvalue weighted by atomic mass is 10.1. The Kier molecular flexibility index (Phi) is 1.35. The molecule has 2 rings (SSSR count). The number of nitrogens with zero attached hydrogens (tertiary/aromatic N) is 1. The van der Waals surface area contributed by atoms with Crippen molar-refractivity contribution in [2.24, 2.45) is 0 Å². The van der Waals surface area contributed by atoms with Crippen LogP contribution < -0.4 is 0 Å². The largest absolute Gasteiger partial charge is 0.256 e. The summed E-state index contributed by atoms with van der Waals surface area (Å²) in [6.07, 6.45) is 1.70. The molecule has 1 heterocycles. The van der Waals surface area contributed by atoms with Crippen LogP contribution in [0.15, 0.2) is 54.7 Å². The number of rotatable bonds is 1. The van der Waals surface area contributed by atoms with Crippen LogP contribution in [0.2, 0.25) is 0 Å². The van der Waals surface area contributed by atoms with Gasteiger partial charge in [-0.3, -0.25) is 4.98 Å². The Balaban J connectivity index is 2.52. The van der Waals surface area contributed by atoms with Crippen LogP contribution in [0.25, 0.3) is 11.3 Å². The molecule has 0 bridgehead atoms. The molecule has 0 unspecified atom stereocenters. The molecular formula is C11H9N. The lowest BCUT2D eigenvalue weighted by Gasteiger charge is -1.97. The first-order chi connectivity index (χ1) is 6.75. The monoisotopic (exact) mass is 157 g/mol. The second-order valence-electron chi connectivity index (χ2n) is 2.44. The van der Waals surface area contributed by atoms with Crippen molar-refractivity contribution < 1.29 is 2.74 Å². The van der Waals surface area contributed by atoms with Crippen molar-refractivity contribution in [2.45, 2.75) is 0 Å². The summed E-state index contributed by atoms with van der Waals surface area (Å²) in [4.78, 5) is 4.16. The van der Waals surface area contributed by atoms with Crippen molar-refractivity contribution in [1.82, 2.24) is 4.98 Å². The quantitative estimate of drug-likeness (QED) is 0.620. The smallest absolute Gasteiger partial charge is 0.0701 e. The molecule has 0 N–H and O–H groups in total.